The van der Waals surface area contributed by atoms with Gasteiger partial charge < -0.3 is 15.2 Å². The number of aliphatic imine (C=N–C) groups is 3. The Balaban J connectivity index is 1.45. The van der Waals surface area contributed by atoms with Crippen LogP contribution in [0.15, 0.2) is 124 Å². The summed E-state index contributed by atoms with van der Waals surface area (Å²) in [6, 6.07) is 36.5. The molecule has 0 fully saturated rings. The molecule has 6 rings (SSSR count). The Hall–Kier alpha value is -5.30. The maximum Gasteiger partial charge on any atom is 0.200 e. The Morgan fingerprint density at radius 2 is 1.30 bits per heavy atom. The fourth-order valence-corrected chi connectivity index (χ4v) is 4.38. The van der Waals surface area contributed by atoms with Gasteiger partial charge in [0.05, 0.1) is 0 Å². The molecule has 5 aromatic rings. The normalized spacial score (nSPS) is 13.7. The second-order valence-corrected chi connectivity index (χ2v) is 9.71. The summed E-state index contributed by atoms with van der Waals surface area (Å²) >= 11 is 0. The van der Waals surface area contributed by atoms with Crippen molar-refractivity contribution in [2.75, 3.05) is 17.3 Å². The zero-order chi connectivity index (χ0) is 27.5. The molecule has 2 N–H and O–H groups in total. The standard InChI is InChI=1S/C33H29N7/c1-22-14-18-26(19-15-22)34-30-31(36-28(35-30)24-10-6-4-7-11-24)38-32-33(40(3)27-20-16-23(2)17-21-27)39-29(37-32)25-12-8-5-9-13-25/h4-21,34H,1-3H3,(H,35,36)/b38-32-. The van der Waals surface area contributed by atoms with Crippen LogP contribution in [0.2, 0.25) is 0 Å². The highest BCUT2D eigenvalue weighted by Crippen LogP contribution is 2.31. The van der Waals surface area contributed by atoms with E-state index in [1.54, 1.807) is 0 Å². The second kappa shape index (κ2) is 10.8. The monoisotopic (exact) mass is 523 g/mol. The van der Waals surface area contributed by atoms with E-state index >= 15 is 0 Å². The quantitative estimate of drug-likeness (QED) is 0.242. The largest absolute Gasteiger partial charge is 0.339 e. The van der Waals surface area contributed by atoms with E-state index in [1.807, 2.05) is 84.7 Å². The van der Waals surface area contributed by atoms with Crippen LogP contribution in [0.25, 0.3) is 11.4 Å². The highest BCUT2D eigenvalue weighted by atomic mass is 15.3. The number of benzene rings is 4. The molecule has 0 spiro atoms. The minimum absolute atomic E-state index is 0.486. The Kier molecular flexibility index (Phi) is 6.77. The van der Waals surface area contributed by atoms with Crippen molar-refractivity contribution >= 4 is 40.5 Å². The summed E-state index contributed by atoms with van der Waals surface area (Å²) in [5.41, 5.74) is 6.19. The highest BCUT2D eigenvalue weighted by molar-refractivity contribution is 6.52. The SMILES string of the molecule is Cc1ccc(Nc2[nH]c(-c3ccccc3)nc2/N=C2\N=C(c3ccccc3)N=C2N(C)c2ccc(C)cc2)cc1. The molecule has 0 bridgehead atoms. The van der Waals surface area contributed by atoms with E-state index in [9.17, 15) is 0 Å². The number of aryl methyl sites for hydroxylation is 2. The molecule has 1 aliphatic heterocycles. The van der Waals surface area contributed by atoms with Crippen molar-refractivity contribution < 1.29 is 0 Å². The van der Waals surface area contributed by atoms with Crippen LogP contribution in [-0.4, -0.2) is 34.5 Å². The molecule has 0 saturated carbocycles. The molecule has 0 atom stereocenters. The molecule has 0 amide bonds. The first-order valence-electron chi connectivity index (χ1n) is 13.1. The van der Waals surface area contributed by atoms with E-state index in [2.05, 4.69) is 60.5 Å². The Labute approximate surface area is 233 Å². The van der Waals surface area contributed by atoms with Crippen molar-refractivity contribution in [3.05, 3.63) is 126 Å². The molecule has 2 heterocycles. The van der Waals surface area contributed by atoms with Crippen LogP contribution >= 0.6 is 0 Å². The average molecular weight is 524 g/mol. The van der Waals surface area contributed by atoms with Gasteiger partial charge in [-0.3, -0.25) is 0 Å². The summed E-state index contributed by atoms with van der Waals surface area (Å²) < 4.78 is 0. The van der Waals surface area contributed by atoms with Crippen LogP contribution in [0.4, 0.5) is 23.0 Å². The molecule has 1 aliphatic rings. The summed E-state index contributed by atoms with van der Waals surface area (Å²) in [4.78, 5) is 25.1. The number of amidine groups is 3. The number of H-pyrrole nitrogens is 1. The molecule has 4 aromatic carbocycles. The molecule has 40 heavy (non-hydrogen) atoms. The number of nitrogens with zero attached hydrogens (tertiary/aromatic N) is 5. The number of anilines is 3. The summed E-state index contributed by atoms with van der Waals surface area (Å²) in [5.74, 6) is 3.63. The maximum atomic E-state index is 4.99. The molecule has 1 aromatic heterocycles. The summed E-state index contributed by atoms with van der Waals surface area (Å²) in [6.07, 6.45) is 0. The van der Waals surface area contributed by atoms with Gasteiger partial charge >= 0.3 is 0 Å². The van der Waals surface area contributed by atoms with Crippen molar-refractivity contribution in [3.63, 3.8) is 0 Å². The third kappa shape index (κ3) is 5.31. The minimum atomic E-state index is 0.486. The first kappa shape index (κ1) is 25.0. The number of aromatic amines is 1. The van der Waals surface area contributed by atoms with E-state index in [0.717, 1.165) is 22.5 Å². The molecule has 0 unspecified atom stereocenters. The van der Waals surface area contributed by atoms with Crippen LogP contribution in [-0.2, 0) is 0 Å². The van der Waals surface area contributed by atoms with E-state index in [4.69, 9.17) is 20.0 Å². The Morgan fingerprint density at radius 3 is 1.95 bits per heavy atom. The molecule has 0 radical (unpaired) electrons. The van der Waals surface area contributed by atoms with Gasteiger partial charge in [-0.25, -0.2) is 20.0 Å². The Morgan fingerprint density at radius 1 is 0.700 bits per heavy atom. The third-order valence-corrected chi connectivity index (χ3v) is 6.66. The van der Waals surface area contributed by atoms with Gasteiger partial charge in [0, 0.05) is 29.5 Å². The van der Waals surface area contributed by atoms with Gasteiger partial charge in [0.15, 0.2) is 29.1 Å². The predicted molar refractivity (Wildman–Crippen MR) is 166 cm³/mol. The van der Waals surface area contributed by atoms with Crippen LogP contribution in [0, 0.1) is 13.8 Å². The summed E-state index contributed by atoms with van der Waals surface area (Å²) in [5, 5.41) is 3.46. The van der Waals surface area contributed by atoms with Gasteiger partial charge in [-0.2, -0.15) is 0 Å². The van der Waals surface area contributed by atoms with Crippen molar-refractivity contribution in [1.29, 1.82) is 0 Å². The maximum absolute atomic E-state index is 4.99. The Bertz CT molecular complexity index is 1710. The third-order valence-electron chi connectivity index (χ3n) is 6.66. The van der Waals surface area contributed by atoms with Crippen molar-refractivity contribution in [1.82, 2.24) is 9.97 Å². The average Bonchev–Trinajstić information content (AvgIpc) is 3.60. The van der Waals surface area contributed by atoms with Crippen LogP contribution in [0.5, 0.6) is 0 Å². The van der Waals surface area contributed by atoms with Gasteiger partial charge in [-0.05, 0) is 38.1 Å². The lowest BCUT2D eigenvalue weighted by Crippen LogP contribution is -2.30. The highest BCUT2D eigenvalue weighted by Gasteiger charge is 2.25. The number of aromatic nitrogens is 2. The lowest BCUT2D eigenvalue weighted by Gasteiger charge is -2.19. The second-order valence-electron chi connectivity index (χ2n) is 9.71. The molecular weight excluding hydrogens is 494 g/mol. The molecule has 7 heteroatoms. The van der Waals surface area contributed by atoms with Crippen LogP contribution in [0.1, 0.15) is 16.7 Å². The number of likely N-dealkylation sites (N-methyl/N-ethyl adjacent to an activating group) is 1. The molecule has 0 saturated heterocycles. The molecule has 196 valence electrons. The number of nitrogens with one attached hydrogen (secondary N) is 2. The van der Waals surface area contributed by atoms with Crippen molar-refractivity contribution in [2.24, 2.45) is 15.0 Å². The lowest BCUT2D eigenvalue weighted by atomic mass is 10.2. The number of hydrogen-bond donors (Lipinski definition) is 2. The summed E-state index contributed by atoms with van der Waals surface area (Å²) in [6.45, 7) is 4.14. The topological polar surface area (TPSA) is 81.0 Å². The van der Waals surface area contributed by atoms with Gasteiger partial charge in [0.2, 0.25) is 0 Å². The zero-order valence-corrected chi connectivity index (χ0v) is 22.6. The first-order chi connectivity index (χ1) is 19.5. The van der Waals surface area contributed by atoms with Crippen LogP contribution < -0.4 is 10.2 Å². The van der Waals surface area contributed by atoms with Gasteiger partial charge in [0.25, 0.3) is 0 Å². The predicted octanol–water partition coefficient (Wildman–Crippen LogP) is 7.46. The van der Waals surface area contributed by atoms with E-state index < -0.39 is 0 Å². The number of rotatable bonds is 6. The zero-order valence-electron chi connectivity index (χ0n) is 22.6. The van der Waals surface area contributed by atoms with Crippen LogP contribution in [0.3, 0.4) is 0 Å². The molecular formula is C33H29N7. The fourth-order valence-electron chi connectivity index (χ4n) is 4.38. The summed E-state index contributed by atoms with van der Waals surface area (Å²) in [7, 11) is 1.98. The van der Waals surface area contributed by atoms with Gasteiger partial charge in [-0.15, -0.1) is 0 Å². The first-order valence-corrected chi connectivity index (χ1v) is 13.1. The molecule has 0 aliphatic carbocycles. The molecule has 7 nitrogen and oxygen atoms in total. The van der Waals surface area contributed by atoms with E-state index in [1.165, 1.54) is 11.1 Å². The lowest BCUT2D eigenvalue weighted by molar-refractivity contribution is 1.26. The smallest absolute Gasteiger partial charge is 0.200 e. The minimum Gasteiger partial charge on any atom is -0.339 e. The van der Waals surface area contributed by atoms with Crippen molar-refractivity contribution in [3.8, 4) is 11.4 Å². The van der Waals surface area contributed by atoms with Gasteiger partial charge in [0.1, 0.15) is 5.82 Å². The number of hydrogen-bond acceptors (Lipinski definition) is 5. The van der Waals surface area contributed by atoms with Gasteiger partial charge in [-0.1, -0.05) is 96.1 Å². The van der Waals surface area contributed by atoms with E-state index in [0.29, 0.717) is 35.0 Å². The fraction of sp³-hybridized carbons (Fsp3) is 0.0909. The number of imidazole rings is 1. The van der Waals surface area contributed by atoms with E-state index in [-0.39, 0.29) is 0 Å². The van der Waals surface area contributed by atoms with Crippen molar-refractivity contribution in [2.45, 2.75) is 13.8 Å².